The summed E-state index contributed by atoms with van der Waals surface area (Å²) in [4.78, 5) is 8.98. The summed E-state index contributed by atoms with van der Waals surface area (Å²) in [6.07, 6.45) is 0. The van der Waals surface area contributed by atoms with E-state index in [1.54, 1.807) is 0 Å². The molecule has 2 rings (SSSR count). The quantitative estimate of drug-likeness (QED) is 0.551. The van der Waals surface area contributed by atoms with E-state index < -0.39 is 0 Å². The van der Waals surface area contributed by atoms with Crippen molar-refractivity contribution in [2.45, 2.75) is 26.7 Å². The number of halogens is 2. The predicted molar refractivity (Wildman–Crippen MR) is 91.1 cm³/mol. The highest BCUT2D eigenvalue weighted by Gasteiger charge is 2.13. The topological polar surface area (TPSA) is 75.9 Å². The van der Waals surface area contributed by atoms with Gasteiger partial charge in [0.1, 0.15) is 17.5 Å². The first-order valence-corrected chi connectivity index (χ1v) is 7.66. The molecular formula is C14H17BrClN5. The fourth-order valence-electron chi connectivity index (χ4n) is 1.77. The molecule has 5 nitrogen and oxygen atoms in total. The average molecular weight is 371 g/mol. The number of nitrogens with one attached hydrogen (secondary N) is 2. The van der Waals surface area contributed by atoms with Crippen LogP contribution in [0.2, 0.25) is 5.02 Å². The van der Waals surface area contributed by atoms with Crippen LogP contribution in [0.5, 0.6) is 0 Å². The van der Waals surface area contributed by atoms with Gasteiger partial charge in [0.2, 0.25) is 0 Å². The number of hydrogen-bond acceptors (Lipinski definition) is 5. The Kier molecular flexibility index (Phi) is 5.03. The van der Waals surface area contributed by atoms with Crippen LogP contribution in [-0.4, -0.2) is 9.97 Å². The lowest BCUT2D eigenvalue weighted by Crippen LogP contribution is -2.14. The van der Waals surface area contributed by atoms with Gasteiger partial charge in [0.25, 0.3) is 0 Å². The molecule has 1 aromatic carbocycles. The molecule has 0 unspecified atom stereocenters. The maximum Gasteiger partial charge on any atom is 0.148 e. The van der Waals surface area contributed by atoms with Gasteiger partial charge in [-0.3, -0.25) is 0 Å². The van der Waals surface area contributed by atoms with Crippen molar-refractivity contribution in [3.63, 3.8) is 0 Å². The molecule has 0 aliphatic carbocycles. The van der Waals surface area contributed by atoms with Gasteiger partial charge >= 0.3 is 0 Å². The molecule has 0 fully saturated rings. The van der Waals surface area contributed by atoms with Gasteiger partial charge in [-0.15, -0.1) is 0 Å². The number of rotatable bonds is 4. The van der Waals surface area contributed by atoms with E-state index in [1.165, 1.54) is 0 Å². The van der Waals surface area contributed by atoms with Crippen molar-refractivity contribution in [2.24, 2.45) is 5.84 Å². The molecular weight excluding hydrogens is 354 g/mol. The van der Waals surface area contributed by atoms with E-state index >= 15 is 0 Å². The first kappa shape index (κ1) is 16.0. The number of hydrogen-bond donors (Lipinski definition) is 3. The Balaban J connectivity index is 2.45. The van der Waals surface area contributed by atoms with Crippen LogP contribution < -0.4 is 16.6 Å². The molecule has 112 valence electrons. The van der Waals surface area contributed by atoms with E-state index in [0.717, 1.165) is 21.5 Å². The zero-order valence-electron chi connectivity index (χ0n) is 12.0. The Labute approximate surface area is 137 Å². The Hall–Kier alpha value is -1.37. The highest BCUT2D eigenvalue weighted by Crippen LogP contribution is 2.31. The standard InChI is InChI=1S/C14H17BrClN5/c1-7(2)12-19-13(8(3)14(20-12)21-17)18-11-5-4-9(16)6-10(11)15/h4-7H,17H2,1-3H3,(H2,18,19,20,21). The highest BCUT2D eigenvalue weighted by atomic mass is 79.9. The molecule has 0 aliphatic rings. The van der Waals surface area contributed by atoms with Gasteiger partial charge in [0.05, 0.1) is 5.69 Å². The van der Waals surface area contributed by atoms with Crippen LogP contribution in [0, 0.1) is 6.92 Å². The fourth-order valence-corrected chi connectivity index (χ4v) is 2.55. The molecule has 0 spiro atoms. The van der Waals surface area contributed by atoms with E-state index in [-0.39, 0.29) is 5.92 Å². The second kappa shape index (κ2) is 6.60. The number of nitrogen functional groups attached to an aromatic ring is 1. The maximum atomic E-state index is 5.96. The first-order valence-electron chi connectivity index (χ1n) is 6.49. The van der Waals surface area contributed by atoms with Crippen molar-refractivity contribution in [3.05, 3.63) is 39.1 Å². The minimum atomic E-state index is 0.201. The Morgan fingerprint density at radius 3 is 2.48 bits per heavy atom. The Morgan fingerprint density at radius 1 is 1.24 bits per heavy atom. The van der Waals surface area contributed by atoms with Gasteiger partial charge in [0, 0.05) is 21.0 Å². The molecule has 0 bridgehead atoms. The smallest absolute Gasteiger partial charge is 0.148 e. The zero-order chi connectivity index (χ0) is 15.6. The minimum absolute atomic E-state index is 0.201. The third kappa shape index (κ3) is 3.64. The van der Waals surface area contributed by atoms with Crippen LogP contribution in [0.25, 0.3) is 0 Å². The summed E-state index contributed by atoms with van der Waals surface area (Å²) < 4.78 is 0.862. The lowest BCUT2D eigenvalue weighted by Gasteiger charge is -2.15. The zero-order valence-corrected chi connectivity index (χ0v) is 14.4. The van der Waals surface area contributed by atoms with E-state index in [9.17, 15) is 0 Å². The summed E-state index contributed by atoms with van der Waals surface area (Å²) in [5, 5.41) is 3.95. The average Bonchev–Trinajstić information content (AvgIpc) is 2.43. The summed E-state index contributed by atoms with van der Waals surface area (Å²) >= 11 is 9.44. The predicted octanol–water partition coefficient (Wildman–Crippen LogP) is 4.35. The van der Waals surface area contributed by atoms with Gasteiger partial charge in [-0.25, -0.2) is 15.8 Å². The molecule has 4 N–H and O–H groups in total. The second-order valence-corrected chi connectivity index (χ2v) is 6.24. The van der Waals surface area contributed by atoms with Crippen LogP contribution in [0.4, 0.5) is 17.3 Å². The number of anilines is 3. The van der Waals surface area contributed by atoms with Gasteiger partial charge in [-0.2, -0.15) is 0 Å². The van der Waals surface area contributed by atoms with Crippen LogP contribution in [0.1, 0.15) is 31.2 Å². The van der Waals surface area contributed by atoms with E-state index in [1.807, 2.05) is 39.0 Å². The van der Waals surface area contributed by atoms with Gasteiger partial charge in [-0.05, 0) is 41.1 Å². The SMILES string of the molecule is Cc1c(NN)nc(C(C)C)nc1Nc1ccc(Cl)cc1Br. The summed E-state index contributed by atoms with van der Waals surface area (Å²) in [5.74, 6) is 7.79. The van der Waals surface area contributed by atoms with Crippen molar-refractivity contribution in [1.82, 2.24) is 9.97 Å². The van der Waals surface area contributed by atoms with Gasteiger partial charge < -0.3 is 10.7 Å². The molecule has 0 saturated heterocycles. The molecule has 0 aliphatic heterocycles. The molecule has 1 aromatic heterocycles. The van der Waals surface area contributed by atoms with E-state index in [2.05, 4.69) is 36.6 Å². The monoisotopic (exact) mass is 369 g/mol. The van der Waals surface area contributed by atoms with Crippen LogP contribution >= 0.6 is 27.5 Å². The lowest BCUT2D eigenvalue weighted by atomic mass is 10.2. The van der Waals surface area contributed by atoms with Crippen molar-refractivity contribution in [1.29, 1.82) is 0 Å². The largest absolute Gasteiger partial charge is 0.339 e. The Bertz CT molecular complexity index is 660. The summed E-state index contributed by atoms with van der Waals surface area (Å²) in [6.45, 7) is 5.98. The molecule has 7 heteroatoms. The lowest BCUT2D eigenvalue weighted by molar-refractivity contribution is 0.774. The highest BCUT2D eigenvalue weighted by molar-refractivity contribution is 9.10. The first-order chi connectivity index (χ1) is 9.92. The summed E-state index contributed by atoms with van der Waals surface area (Å²) in [5.41, 5.74) is 4.34. The maximum absolute atomic E-state index is 5.96. The summed E-state index contributed by atoms with van der Waals surface area (Å²) in [6, 6.07) is 5.53. The van der Waals surface area contributed by atoms with Gasteiger partial charge in [-0.1, -0.05) is 25.4 Å². The minimum Gasteiger partial charge on any atom is -0.339 e. The van der Waals surface area contributed by atoms with Crippen LogP contribution in [-0.2, 0) is 0 Å². The molecule has 0 saturated carbocycles. The number of aromatic nitrogens is 2. The van der Waals surface area contributed by atoms with Crippen LogP contribution in [0.3, 0.4) is 0 Å². The molecule has 21 heavy (non-hydrogen) atoms. The number of benzene rings is 1. The van der Waals surface area contributed by atoms with E-state index in [4.69, 9.17) is 17.4 Å². The summed E-state index contributed by atoms with van der Waals surface area (Å²) in [7, 11) is 0. The number of nitrogens with two attached hydrogens (primary N) is 1. The van der Waals surface area contributed by atoms with Crippen molar-refractivity contribution in [3.8, 4) is 0 Å². The number of hydrazine groups is 1. The third-order valence-electron chi connectivity index (χ3n) is 3.00. The second-order valence-electron chi connectivity index (χ2n) is 4.95. The third-order valence-corrected chi connectivity index (χ3v) is 3.89. The molecule has 1 heterocycles. The van der Waals surface area contributed by atoms with Crippen molar-refractivity contribution in [2.75, 3.05) is 10.7 Å². The van der Waals surface area contributed by atoms with E-state index in [0.29, 0.717) is 16.7 Å². The fraction of sp³-hybridized carbons (Fsp3) is 0.286. The molecule has 0 atom stereocenters. The molecule has 2 aromatic rings. The van der Waals surface area contributed by atoms with Crippen LogP contribution in [0.15, 0.2) is 22.7 Å². The molecule has 0 radical (unpaired) electrons. The Morgan fingerprint density at radius 2 is 1.90 bits per heavy atom. The van der Waals surface area contributed by atoms with Crippen molar-refractivity contribution >= 4 is 44.9 Å². The number of nitrogens with zero attached hydrogens (tertiary/aromatic N) is 2. The van der Waals surface area contributed by atoms with Gasteiger partial charge in [0.15, 0.2) is 0 Å². The normalized spacial score (nSPS) is 10.8. The van der Waals surface area contributed by atoms with Crippen molar-refractivity contribution < 1.29 is 0 Å². The molecule has 0 amide bonds.